The molecule has 0 aliphatic carbocycles. The summed E-state index contributed by atoms with van der Waals surface area (Å²) in [4.78, 5) is 0. The van der Waals surface area contributed by atoms with Crippen molar-refractivity contribution in [1.29, 1.82) is 5.26 Å². The Kier molecular flexibility index (Phi) is 6.45. The van der Waals surface area contributed by atoms with Crippen LogP contribution in [0.5, 0.6) is 0 Å². The second-order valence-electron chi connectivity index (χ2n) is 2.68. The van der Waals surface area contributed by atoms with Crippen molar-refractivity contribution in [2.75, 3.05) is 6.61 Å². The predicted octanol–water partition coefficient (Wildman–Crippen LogP) is 3.03. The van der Waals surface area contributed by atoms with Crippen LogP contribution >= 0.6 is 11.1 Å². The van der Waals surface area contributed by atoms with E-state index in [0.29, 0.717) is 13.0 Å². The highest BCUT2D eigenvalue weighted by Gasteiger charge is 2.29. The van der Waals surface area contributed by atoms with Gasteiger partial charge in [-0.1, -0.05) is 6.92 Å². The summed E-state index contributed by atoms with van der Waals surface area (Å²) in [5.41, 5.74) is 0. The Hall–Kier alpha value is -0.0431. The summed E-state index contributed by atoms with van der Waals surface area (Å²) in [5, 5.41) is 8.35. The van der Waals surface area contributed by atoms with Crippen molar-refractivity contribution < 1.29 is 4.43 Å². The van der Waals surface area contributed by atoms with Gasteiger partial charge in [-0.25, -0.2) is 0 Å². The number of halogens is 1. The fraction of sp³-hybridized carbons (Fsp3) is 0.875. The molecule has 70 valence electrons. The lowest BCUT2D eigenvalue weighted by Crippen LogP contribution is -2.30. The van der Waals surface area contributed by atoms with E-state index in [2.05, 4.69) is 13.0 Å². The first-order valence-corrected chi connectivity index (χ1v) is 7.71. The van der Waals surface area contributed by atoms with Crippen LogP contribution in [0.2, 0.25) is 12.1 Å². The SMILES string of the molecule is CCO[Si](Cl)(CC)CCCC#N. The zero-order valence-corrected chi connectivity index (χ0v) is 9.52. The summed E-state index contributed by atoms with van der Waals surface area (Å²) < 4.78 is 5.52. The average molecular weight is 206 g/mol. The van der Waals surface area contributed by atoms with Crippen molar-refractivity contribution in [2.45, 2.75) is 38.8 Å². The third-order valence-electron chi connectivity index (χ3n) is 1.77. The second kappa shape index (κ2) is 6.47. The van der Waals surface area contributed by atoms with E-state index in [0.717, 1.165) is 18.5 Å². The summed E-state index contributed by atoms with van der Waals surface area (Å²) in [7, 11) is -1.94. The summed E-state index contributed by atoms with van der Waals surface area (Å²) >= 11 is 6.27. The Morgan fingerprint density at radius 3 is 2.58 bits per heavy atom. The van der Waals surface area contributed by atoms with Gasteiger partial charge < -0.3 is 4.43 Å². The molecule has 0 fully saturated rings. The highest BCUT2D eigenvalue weighted by molar-refractivity contribution is 7.16. The molecule has 1 atom stereocenters. The number of unbranched alkanes of at least 4 members (excludes halogenated alkanes) is 1. The van der Waals surface area contributed by atoms with E-state index in [-0.39, 0.29) is 0 Å². The molecule has 0 rings (SSSR count). The van der Waals surface area contributed by atoms with E-state index >= 15 is 0 Å². The van der Waals surface area contributed by atoms with Crippen LogP contribution in [0, 0.1) is 11.3 Å². The zero-order chi connectivity index (χ0) is 9.45. The molecule has 2 nitrogen and oxygen atoms in total. The molecule has 0 spiro atoms. The quantitative estimate of drug-likeness (QED) is 0.380. The van der Waals surface area contributed by atoms with Gasteiger partial charge in [0.2, 0.25) is 0 Å². The van der Waals surface area contributed by atoms with Gasteiger partial charge in [-0.05, 0) is 25.4 Å². The van der Waals surface area contributed by atoms with Crippen LogP contribution in [0.25, 0.3) is 0 Å². The van der Waals surface area contributed by atoms with Crippen LogP contribution in [-0.4, -0.2) is 14.2 Å². The minimum absolute atomic E-state index is 0.592. The lowest BCUT2D eigenvalue weighted by atomic mass is 10.4. The fourth-order valence-electron chi connectivity index (χ4n) is 1.04. The van der Waals surface area contributed by atoms with Gasteiger partial charge in [0.05, 0.1) is 6.07 Å². The van der Waals surface area contributed by atoms with Crippen molar-refractivity contribution in [3.8, 4) is 6.07 Å². The van der Waals surface area contributed by atoms with Crippen molar-refractivity contribution in [2.24, 2.45) is 0 Å². The number of hydrogen-bond acceptors (Lipinski definition) is 2. The molecule has 0 N–H and O–H groups in total. The van der Waals surface area contributed by atoms with E-state index in [1.54, 1.807) is 0 Å². The summed E-state index contributed by atoms with van der Waals surface area (Å²) in [6.07, 6.45) is 1.47. The molecule has 0 aliphatic rings. The molecule has 0 aromatic carbocycles. The van der Waals surface area contributed by atoms with Crippen LogP contribution in [0.3, 0.4) is 0 Å². The normalized spacial score (nSPS) is 15.2. The summed E-state index contributed by atoms with van der Waals surface area (Å²) in [6.45, 7) is 4.71. The highest BCUT2D eigenvalue weighted by Crippen LogP contribution is 2.24. The monoisotopic (exact) mass is 205 g/mol. The summed E-state index contributed by atoms with van der Waals surface area (Å²) in [5.74, 6) is 0. The molecule has 1 unspecified atom stereocenters. The van der Waals surface area contributed by atoms with Crippen molar-refractivity contribution in [3.63, 3.8) is 0 Å². The smallest absolute Gasteiger partial charge is 0.289 e. The Morgan fingerprint density at radius 1 is 1.50 bits per heavy atom. The Morgan fingerprint density at radius 2 is 2.17 bits per heavy atom. The maximum absolute atomic E-state index is 8.35. The first kappa shape index (κ1) is 12.0. The van der Waals surface area contributed by atoms with Crippen LogP contribution < -0.4 is 0 Å². The Balaban J connectivity index is 3.72. The first-order chi connectivity index (χ1) is 5.68. The lowest BCUT2D eigenvalue weighted by molar-refractivity contribution is 0.334. The van der Waals surface area contributed by atoms with Crippen LogP contribution in [-0.2, 0) is 4.43 Å². The van der Waals surface area contributed by atoms with Gasteiger partial charge in [-0.2, -0.15) is 5.26 Å². The van der Waals surface area contributed by atoms with Crippen molar-refractivity contribution in [3.05, 3.63) is 0 Å². The maximum Gasteiger partial charge on any atom is 0.289 e. The standard InChI is InChI=1S/C8H16ClNOSi/c1-3-11-12(9,4-2)8-6-5-7-10/h3-6,8H2,1-2H3. The fourth-order valence-corrected chi connectivity index (χ4v) is 3.69. The molecular formula is C8H16ClNOSi. The second-order valence-corrected chi connectivity index (χ2v) is 8.01. The van der Waals surface area contributed by atoms with E-state index in [9.17, 15) is 0 Å². The van der Waals surface area contributed by atoms with E-state index < -0.39 is 7.63 Å². The minimum atomic E-state index is -1.94. The molecular weight excluding hydrogens is 190 g/mol. The Bertz CT molecular complexity index is 160. The number of hydrogen-bond donors (Lipinski definition) is 0. The van der Waals surface area contributed by atoms with E-state index in [1.807, 2.05) is 6.92 Å². The van der Waals surface area contributed by atoms with Crippen LogP contribution in [0.1, 0.15) is 26.7 Å². The van der Waals surface area contributed by atoms with Gasteiger partial charge in [0.15, 0.2) is 0 Å². The minimum Gasteiger partial charge on any atom is -0.403 e. The van der Waals surface area contributed by atoms with Crippen LogP contribution in [0.4, 0.5) is 0 Å². The van der Waals surface area contributed by atoms with Gasteiger partial charge in [0.25, 0.3) is 7.63 Å². The molecule has 0 saturated carbocycles. The molecule has 4 heteroatoms. The molecule has 0 aliphatic heterocycles. The lowest BCUT2D eigenvalue weighted by Gasteiger charge is -2.21. The van der Waals surface area contributed by atoms with E-state index in [4.69, 9.17) is 20.8 Å². The number of rotatable bonds is 6. The molecule has 0 saturated heterocycles. The highest BCUT2D eigenvalue weighted by atomic mass is 35.6. The average Bonchev–Trinajstić information content (AvgIpc) is 2.06. The third kappa shape index (κ3) is 4.76. The van der Waals surface area contributed by atoms with Crippen molar-refractivity contribution >= 4 is 18.7 Å². The molecule has 0 amide bonds. The van der Waals surface area contributed by atoms with Gasteiger partial charge in [0.1, 0.15) is 0 Å². The Labute approximate surface area is 80.3 Å². The van der Waals surface area contributed by atoms with Gasteiger partial charge in [-0.3, -0.25) is 0 Å². The molecule has 0 radical (unpaired) electrons. The number of nitriles is 1. The van der Waals surface area contributed by atoms with E-state index in [1.165, 1.54) is 0 Å². The van der Waals surface area contributed by atoms with Crippen LogP contribution in [0.15, 0.2) is 0 Å². The molecule has 0 heterocycles. The molecule has 12 heavy (non-hydrogen) atoms. The number of nitrogens with zero attached hydrogens (tertiary/aromatic N) is 1. The molecule has 0 bridgehead atoms. The third-order valence-corrected chi connectivity index (χ3v) is 6.43. The largest absolute Gasteiger partial charge is 0.403 e. The first-order valence-electron chi connectivity index (χ1n) is 4.38. The summed E-state index contributed by atoms with van der Waals surface area (Å²) in [6, 6.07) is 3.93. The van der Waals surface area contributed by atoms with Gasteiger partial charge >= 0.3 is 0 Å². The van der Waals surface area contributed by atoms with Crippen molar-refractivity contribution in [1.82, 2.24) is 0 Å². The maximum atomic E-state index is 8.35. The zero-order valence-electron chi connectivity index (χ0n) is 7.77. The molecule has 0 aromatic heterocycles. The topological polar surface area (TPSA) is 33.0 Å². The van der Waals surface area contributed by atoms with Gasteiger partial charge in [0, 0.05) is 13.0 Å². The predicted molar refractivity (Wildman–Crippen MR) is 53.4 cm³/mol. The van der Waals surface area contributed by atoms with Gasteiger partial charge in [-0.15, -0.1) is 11.1 Å². The molecule has 0 aromatic rings.